The third-order valence-electron chi connectivity index (χ3n) is 9.25. The molecule has 46 heavy (non-hydrogen) atoms. The number of esters is 5. The number of fused-ring (bicyclic) bond motifs is 3. The maximum absolute atomic E-state index is 13.3. The van der Waals surface area contributed by atoms with Gasteiger partial charge in [0.05, 0.1) is 12.3 Å². The van der Waals surface area contributed by atoms with Crippen LogP contribution in [0, 0.1) is 5.92 Å². The van der Waals surface area contributed by atoms with E-state index in [1.807, 2.05) is 0 Å². The predicted molar refractivity (Wildman–Crippen MR) is 164 cm³/mol. The third-order valence-corrected chi connectivity index (χ3v) is 9.25. The van der Waals surface area contributed by atoms with Gasteiger partial charge in [0.1, 0.15) is 11.7 Å². The Labute approximate surface area is 270 Å². The van der Waals surface area contributed by atoms with Crippen LogP contribution >= 0.6 is 0 Å². The van der Waals surface area contributed by atoms with E-state index >= 15 is 0 Å². The molecule has 0 radical (unpaired) electrons. The first-order valence-corrected chi connectivity index (χ1v) is 16.3. The first kappa shape index (κ1) is 37.2. The van der Waals surface area contributed by atoms with E-state index < -0.39 is 83.4 Å². The molecular weight excluding hydrogens is 600 g/mol. The van der Waals surface area contributed by atoms with Gasteiger partial charge in [-0.25, -0.2) is 4.79 Å². The zero-order valence-corrected chi connectivity index (χ0v) is 28.1. The predicted octanol–water partition coefficient (Wildman–Crippen LogP) is 3.93. The van der Waals surface area contributed by atoms with Gasteiger partial charge in [-0.2, -0.15) is 0 Å². The summed E-state index contributed by atoms with van der Waals surface area (Å²) in [5.74, 6) is -4.94. The number of hydrogen-bond acceptors (Lipinski definition) is 12. The minimum atomic E-state index is -2.57. The zero-order valence-electron chi connectivity index (χ0n) is 28.1. The highest BCUT2D eigenvalue weighted by atomic mass is 16.6. The molecule has 0 aromatic rings. The summed E-state index contributed by atoms with van der Waals surface area (Å²) in [6.07, 6.45) is 1.90. The highest BCUT2D eigenvalue weighted by Crippen LogP contribution is 2.56. The molecule has 0 amide bonds. The number of ether oxygens (including phenoxy) is 5. The van der Waals surface area contributed by atoms with Crippen LogP contribution in [-0.4, -0.2) is 81.3 Å². The largest absolute Gasteiger partial charge is 0.459 e. The average Bonchev–Trinajstić information content (AvgIpc) is 3.37. The SMILES string of the molecule is C/C=C(\C)CC(=O)O[C@H]1C=C2[C@H]([C@@H]1OC(=O)CCCCCCC)[C@@](C)(OC(C)=O)C[C@H](OC(=O)CCC)[C@@]1(O)[C@H]2OC(=O)[C@@]1(C)O. The van der Waals surface area contributed by atoms with Crippen molar-refractivity contribution in [2.45, 2.75) is 154 Å². The molecule has 12 heteroatoms. The molecule has 1 saturated heterocycles. The molecular formula is C34H50O12. The standard InChI is InChI=1S/C34H50O12/c1-8-11-12-13-14-16-26(37)44-29-23(42-27(38)17-20(4)10-3)18-22-28(29)32(6,46-21(5)35)19-24(43-25(36)15-9-2)34(41)30(22)45-31(39)33(34,7)40/h10,18,23-24,28-30,40-41H,8-9,11-17,19H2,1-7H3/b20-10+/t23-,24-,28+,29+,30-,32-,33+,34+/m0/s1. The minimum Gasteiger partial charge on any atom is -0.459 e. The molecule has 2 fully saturated rings. The Hall–Kier alpha value is -3.25. The molecule has 258 valence electrons. The fourth-order valence-electron chi connectivity index (χ4n) is 6.73. The Kier molecular flexibility index (Phi) is 12.2. The molecule has 2 aliphatic carbocycles. The Morgan fingerprint density at radius 2 is 1.59 bits per heavy atom. The molecule has 1 aliphatic heterocycles. The van der Waals surface area contributed by atoms with Gasteiger partial charge in [0.25, 0.3) is 0 Å². The van der Waals surface area contributed by atoms with Crippen molar-refractivity contribution >= 4 is 29.8 Å². The van der Waals surface area contributed by atoms with Crippen molar-refractivity contribution in [1.29, 1.82) is 0 Å². The number of aliphatic hydroxyl groups is 2. The topological polar surface area (TPSA) is 172 Å². The second-order valence-electron chi connectivity index (χ2n) is 13.1. The zero-order chi connectivity index (χ0) is 34.4. The van der Waals surface area contributed by atoms with Crippen molar-refractivity contribution < 1.29 is 57.9 Å². The average molecular weight is 651 g/mol. The summed E-state index contributed by atoms with van der Waals surface area (Å²) >= 11 is 0. The summed E-state index contributed by atoms with van der Waals surface area (Å²) in [4.78, 5) is 64.7. The molecule has 2 N–H and O–H groups in total. The van der Waals surface area contributed by atoms with Crippen LogP contribution in [0.5, 0.6) is 0 Å². The smallest absolute Gasteiger partial charge is 0.341 e. The Balaban J connectivity index is 2.15. The quantitative estimate of drug-likeness (QED) is 0.120. The van der Waals surface area contributed by atoms with Gasteiger partial charge in [0.2, 0.25) is 0 Å². The van der Waals surface area contributed by atoms with Gasteiger partial charge in [-0.05, 0) is 52.2 Å². The van der Waals surface area contributed by atoms with E-state index in [0.29, 0.717) is 12.8 Å². The number of carbonyl (C=O) groups excluding carboxylic acids is 5. The number of hydrogen-bond donors (Lipinski definition) is 2. The fourth-order valence-corrected chi connectivity index (χ4v) is 6.73. The Morgan fingerprint density at radius 1 is 0.935 bits per heavy atom. The highest BCUT2D eigenvalue weighted by Gasteiger charge is 2.75. The Morgan fingerprint density at radius 3 is 2.20 bits per heavy atom. The van der Waals surface area contributed by atoms with Gasteiger partial charge < -0.3 is 33.9 Å². The summed E-state index contributed by atoms with van der Waals surface area (Å²) in [6.45, 7) is 11.1. The van der Waals surface area contributed by atoms with E-state index in [1.54, 1.807) is 26.8 Å². The van der Waals surface area contributed by atoms with Crippen molar-refractivity contribution in [2.75, 3.05) is 0 Å². The van der Waals surface area contributed by atoms with Crippen LogP contribution < -0.4 is 0 Å². The molecule has 0 bridgehead atoms. The number of allylic oxidation sites excluding steroid dienone is 1. The summed E-state index contributed by atoms with van der Waals surface area (Å²) in [7, 11) is 0. The van der Waals surface area contributed by atoms with Crippen molar-refractivity contribution in [3.63, 3.8) is 0 Å². The molecule has 0 spiro atoms. The maximum atomic E-state index is 13.3. The lowest BCUT2D eigenvalue weighted by molar-refractivity contribution is -0.212. The van der Waals surface area contributed by atoms with Gasteiger partial charge in [-0.1, -0.05) is 51.2 Å². The van der Waals surface area contributed by atoms with E-state index in [1.165, 1.54) is 19.9 Å². The first-order chi connectivity index (χ1) is 21.5. The maximum Gasteiger partial charge on any atom is 0.341 e. The van der Waals surface area contributed by atoms with Gasteiger partial charge >= 0.3 is 29.8 Å². The second kappa shape index (κ2) is 15.1. The van der Waals surface area contributed by atoms with Crippen LogP contribution in [0.3, 0.4) is 0 Å². The highest BCUT2D eigenvalue weighted by molar-refractivity contribution is 5.85. The van der Waals surface area contributed by atoms with E-state index in [4.69, 9.17) is 23.7 Å². The van der Waals surface area contributed by atoms with Crippen LogP contribution in [0.4, 0.5) is 0 Å². The van der Waals surface area contributed by atoms with Crippen LogP contribution in [0.25, 0.3) is 0 Å². The number of unbranched alkanes of at least 4 members (excludes halogenated alkanes) is 4. The van der Waals surface area contributed by atoms with E-state index in [9.17, 15) is 34.2 Å². The van der Waals surface area contributed by atoms with Crippen molar-refractivity contribution in [2.24, 2.45) is 5.92 Å². The number of carbonyl (C=O) groups is 5. The lowest BCUT2D eigenvalue weighted by Gasteiger charge is -2.41. The molecule has 3 rings (SSSR count). The van der Waals surface area contributed by atoms with Gasteiger partial charge in [-0.15, -0.1) is 0 Å². The number of rotatable bonds is 14. The molecule has 3 aliphatic rings. The summed E-state index contributed by atoms with van der Waals surface area (Å²) in [5, 5.41) is 23.7. The lowest BCUT2D eigenvalue weighted by atomic mass is 9.75. The normalized spacial score (nSPS) is 33.6. The van der Waals surface area contributed by atoms with Gasteiger partial charge in [0.15, 0.2) is 29.5 Å². The molecule has 1 heterocycles. The molecule has 8 atom stereocenters. The monoisotopic (exact) mass is 650 g/mol. The molecule has 0 aromatic heterocycles. The second-order valence-corrected chi connectivity index (χ2v) is 13.1. The lowest BCUT2D eigenvalue weighted by Crippen LogP contribution is -2.64. The Bertz CT molecular complexity index is 1230. The van der Waals surface area contributed by atoms with Crippen molar-refractivity contribution in [1.82, 2.24) is 0 Å². The molecule has 12 nitrogen and oxygen atoms in total. The van der Waals surface area contributed by atoms with E-state index in [0.717, 1.165) is 38.2 Å². The molecule has 0 unspecified atom stereocenters. The molecule has 1 saturated carbocycles. The third kappa shape index (κ3) is 7.65. The summed E-state index contributed by atoms with van der Waals surface area (Å²) < 4.78 is 29.0. The van der Waals surface area contributed by atoms with Gasteiger partial charge in [-0.3, -0.25) is 19.2 Å². The van der Waals surface area contributed by atoms with E-state index in [2.05, 4.69) is 6.92 Å². The molecule has 0 aromatic carbocycles. The van der Waals surface area contributed by atoms with E-state index in [-0.39, 0.29) is 24.8 Å². The van der Waals surface area contributed by atoms with Crippen LogP contribution in [-0.2, 0) is 47.7 Å². The van der Waals surface area contributed by atoms with Crippen molar-refractivity contribution in [3.8, 4) is 0 Å². The summed E-state index contributed by atoms with van der Waals surface area (Å²) in [5.41, 5.74) is -5.94. The summed E-state index contributed by atoms with van der Waals surface area (Å²) in [6, 6.07) is 0. The van der Waals surface area contributed by atoms with Crippen LogP contribution in [0.1, 0.15) is 113 Å². The first-order valence-electron chi connectivity index (χ1n) is 16.3. The van der Waals surface area contributed by atoms with Gasteiger partial charge in [0, 0.05) is 26.2 Å². The fraction of sp³-hybridized carbons (Fsp3) is 0.735. The minimum absolute atomic E-state index is 0.0211. The van der Waals surface area contributed by atoms with Crippen LogP contribution in [0.15, 0.2) is 23.3 Å². The van der Waals surface area contributed by atoms with Crippen LogP contribution in [0.2, 0.25) is 0 Å². The van der Waals surface area contributed by atoms with Crippen molar-refractivity contribution in [3.05, 3.63) is 23.3 Å².